The van der Waals surface area contributed by atoms with Crippen molar-refractivity contribution in [3.8, 4) is 11.5 Å². The molecule has 0 saturated carbocycles. The Labute approximate surface area is 171 Å². The number of halogens is 1. The topological polar surface area (TPSA) is 46.1 Å². The summed E-state index contributed by atoms with van der Waals surface area (Å²) in [5.41, 5.74) is 2.82. The van der Waals surface area contributed by atoms with Crippen LogP contribution in [0.15, 0.2) is 53.5 Å². The van der Waals surface area contributed by atoms with Crippen LogP contribution in [0.2, 0.25) is 0 Å². The molecule has 0 aromatic heterocycles. The van der Waals surface area contributed by atoms with Gasteiger partial charge < -0.3 is 19.7 Å². The first-order valence-electron chi connectivity index (χ1n) is 8.74. The van der Waals surface area contributed by atoms with E-state index in [1.165, 1.54) is 11.1 Å². The van der Waals surface area contributed by atoms with Crippen LogP contribution >= 0.6 is 24.0 Å². The summed E-state index contributed by atoms with van der Waals surface area (Å²) in [5, 5.41) is 3.44. The van der Waals surface area contributed by atoms with Crippen molar-refractivity contribution in [3.05, 3.63) is 59.7 Å². The fourth-order valence-corrected chi connectivity index (χ4v) is 3.38. The van der Waals surface area contributed by atoms with E-state index in [1.54, 1.807) is 0 Å². The van der Waals surface area contributed by atoms with Gasteiger partial charge in [0.1, 0.15) is 12.7 Å². The normalized spacial score (nSPS) is 18.6. The average molecular weight is 465 g/mol. The molecule has 4 rings (SSSR count). The Hall–Kier alpha value is -1.96. The Kier molecular flexibility index (Phi) is 6.24. The van der Waals surface area contributed by atoms with E-state index in [-0.39, 0.29) is 30.1 Å². The second-order valence-corrected chi connectivity index (χ2v) is 6.37. The van der Waals surface area contributed by atoms with E-state index >= 15 is 0 Å². The van der Waals surface area contributed by atoms with E-state index in [0.29, 0.717) is 13.2 Å². The summed E-state index contributed by atoms with van der Waals surface area (Å²) in [6.07, 6.45) is 1.02. The Morgan fingerprint density at radius 2 is 1.85 bits per heavy atom. The van der Waals surface area contributed by atoms with Crippen LogP contribution in [0.5, 0.6) is 11.5 Å². The lowest BCUT2D eigenvalue weighted by Gasteiger charge is -2.33. The zero-order chi connectivity index (χ0) is 17.1. The van der Waals surface area contributed by atoms with Crippen molar-refractivity contribution in [2.45, 2.75) is 19.1 Å². The highest BCUT2D eigenvalue weighted by Gasteiger charge is 2.23. The fourth-order valence-electron chi connectivity index (χ4n) is 3.38. The summed E-state index contributed by atoms with van der Waals surface area (Å²) in [6, 6.07) is 16.4. The molecule has 2 aliphatic heterocycles. The maximum absolute atomic E-state index is 6.01. The molecule has 1 unspecified atom stereocenters. The predicted molar refractivity (Wildman–Crippen MR) is 114 cm³/mol. The number of hydrogen-bond donors (Lipinski definition) is 1. The van der Waals surface area contributed by atoms with Gasteiger partial charge >= 0.3 is 0 Å². The number of fused-ring (bicyclic) bond motifs is 2. The Morgan fingerprint density at radius 1 is 1.12 bits per heavy atom. The molecule has 26 heavy (non-hydrogen) atoms. The molecule has 0 radical (unpaired) electrons. The summed E-state index contributed by atoms with van der Waals surface area (Å²) < 4.78 is 11.8. The minimum Gasteiger partial charge on any atom is -0.486 e. The molecule has 2 heterocycles. The van der Waals surface area contributed by atoms with Gasteiger partial charge in [-0.05, 0) is 29.7 Å². The van der Waals surface area contributed by atoms with Gasteiger partial charge in [0.15, 0.2) is 17.5 Å². The zero-order valence-electron chi connectivity index (χ0n) is 14.9. The largest absolute Gasteiger partial charge is 0.486 e. The molecule has 1 N–H and O–H groups in total. The minimum atomic E-state index is -0.0243. The molecule has 2 aliphatic rings. The number of aliphatic imine (C=N–C) groups is 1. The maximum atomic E-state index is 6.01. The highest BCUT2D eigenvalue weighted by atomic mass is 127. The summed E-state index contributed by atoms with van der Waals surface area (Å²) in [7, 11) is 1.83. The molecule has 1 atom stereocenters. The molecule has 0 fully saturated rings. The number of guanidine groups is 1. The molecule has 0 bridgehead atoms. The first-order valence-corrected chi connectivity index (χ1v) is 8.74. The van der Waals surface area contributed by atoms with Crippen molar-refractivity contribution in [1.82, 2.24) is 10.2 Å². The van der Waals surface area contributed by atoms with Gasteiger partial charge in [-0.15, -0.1) is 24.0 Å². The standard InChI is InChI=1S/C20H23N3O2.HI/c1-21-20(23-11-10-15-6-2-3-7-16(15)13-23)22-12-17-14-24-18-8-4-5-9-19(18)25-17;/h2-9,17H,10-14H2,1H3,(H,21,22);1H. The number of para-hydroxylation sites is 2. The lowest BCUT2D eigenvalue weighted by atomic mass is 10.0. The summed E-state index contributed by atoms with van der Waals surface area (Å²) in [6.45, 7) is 3.07. The Balaban J connectivity index is 0.00000196. The quantitative estimate of drug-likeness (QED) is 0.421. The molecular weight excluding hydrogens is 441 g/mol. The van der Waals surface area contributed by atoms with Crippen molar-refractivity contribution in [3.63, 3.8) is 0 Å². The van der Waals surface area contributed by atoms with Crippen LogP contribution in [0.4, 0.5) is 0 Å². The van der Waals surface area contributed by atoms with Crippen LogP contribution in [-0.4, -0.2) is 43.7 Å². The third kappa shape index (κ3) is 4.06. The van der Waals surface area contributed by atoms with Crippen LogP contribution in [0.1, 0.15) is 11.1 Å². The summed E-state index contributed by atoms with van der Waals surface area (Å²) >= 11 is 0. The van der Waals surface area contributed by atoms with Gasteiger partial charge in [-0.2, -0.15) is 0 Å². The van der Waals surface area contributed by atoms with Gasteiger partial charge in [-0.25, -0.2) is 0 Å². The number of hydrogen-bond acceptors (Lipinski definition) is 3. The molecule has 0 saturated heterocycles. The highest BCUT2D eigenvalue weighted by molar-refractivity contribution is 14.0. The van der Waals surface area contributed by atoms with Crippen molar-refractivity contribution in [2.24, 2.45) is 4.99 Å². The van der Waals surface area contributed by atoms with Crippen molar-refractivity contribution >= 4 is 29.9 Å². The molecule has 138 valence electrons. The van der Waals surface area contributed by atoms with Crippen molar-refractivity contribution < 1.29 is 9.47 Å². The van der Waals surface area contributed by atoms with E-state index in [1.807, 2.05) is 31.3 Å². The number of nitrogens with zero attached hydrogens (tertiary/aromatic N) is 2. The van der Waals surface area contributed by atoms with Crippen LogP contribution in [0, 0.1) is 0 Å². The van der Waals surface area contributed by atoms with E-state index in [0.717, 1.165) is 37.0 Å². The molecule has 0 aliphatic carbocycles. The Morgan fingerprint density at radius 3 is 2.65 bits per heavy atom. The fraction of sp³-hybridized carbons (Fsp3) is 0.350. The van der Waals surface area contributed by atoms with Crippen LogP contribution in [0.3, 0.4) is 0 Å². The van der Waals surface area contributed by atoms with Gasteiger partial charge in [0.05, 0.1) is 6.54 Å². The second-order valence-electron chi connectivity index (χ2n) is 6.37. The zero-order valence-corrected chi connectivity index (χ0v) is 17.2. The van der Waals surface area contributed by atoms with E-state index in [4.69, 9.17) is 9.47 Å². The number of rotatable bonds is 2. The first-order chi connectivity index (χ1) is 12.3. The van der Waals surface area contributed by atoms with Gasteiger partial charge in [0.2, 0.25) is 0 Å². The van der Waals surface area contributed by atoms with Crippen LogP contribution in [0.25, 0.3) is 0 Å². The van der Waals surface area contributed by atoms with Gasteiger partial charge in [0, 0.05) is 20.1 Å². The summed E-state index contributed by atoms with van der Waals surface area (Å²) in [5.74, 6) is 2.54. The van der Waals surface area contributed by atoms with Crippen molar-refractivity contribution in [2.75, 3.05) is 26.7 Å². The minimum absolute atomic E-state index is 0. The highest BCUT2D eigenvalue weighted by Crippen LogP contribution is 2.30. The van der Waals surface area contributed by atoms with Gasteiger partial charge in [-0.1, -0.05) is 36.4 Å². The average Bonchev–Trinajstić information content (AvgIpc) is 2.68. The monoisotopic (exact) mass is 465 g/mol. The van der Waals surface area contributed by atoms with Crippen molar-refractivity contribution in [1.29, 1.82) is 0 Å². The van der Waals surface area contributed by atoms with E-state index < -0.39 is 0 Å². The van der Waals surface area contributed by atoms with E-state index in [9.17, 15) is 0 Å². The Bertz CT molecular complexity index is 781. The number of ether oxygens (including phenoxy) is 2. The number of benzene rings is 2. The van der Waals surface area contributed by atoms with Crippen LogP contribution in [-0.2, 0) is 13.0 Å². The third-order valence-corrected chi connectivity index (χ3v) is 4.70. The molecule has 6 heteroatoms. The molecule has 2 aromatic carbocycles. The number of nitrogens with one attached hydrogen (secondary N) is 1. The lowest BCUT2D eigenvalue weighted by molar-refractivity contribution is 0.0930. The van der Waals surface area contributed by atoms with Gasteiger partial charge in [0.25, 0.3) is 0 Å². The van der Waals surface area contributed by atoms with Gasteiger partial charge in [-0.3, -0.25) is 4.99 Å². The third-order valence-electron chi connectivity index (χ3n) is 4.70. The smallest absolute Gasteiger partial charge is 0.194 e. The molecule has 0 amide bonds. The van der Waals surface area contributed by atoms with Crippen LogP contribution < -0.4 is 14.8 Å². The first kappa shape index (κ1) is 18.8. The molecular formula is C20H24IN3O2. The SMILES string of the molecule is CN=C(NCC1COc2ccccc2O1)N1CCc2ccccc2C1.I. The molecule has 2 aromatic rings. The van der Waals surface area contributed by atoms with E-state index in [2.05, 4.69) is 39.5 Å². The predicted octanol–water partition coefficient (Wildman–Crippen LogP) is 3.08. The molecule has 5 nitrogen and oxygen atoms in total. The molecule has 0 spiro atoms. The maximum Gasteiger partial charge on any atom is 0.194 e. The second kappa shape index (κ2) is 8.62. The summed E-state index contributed by atoms with van der Waals surface area (Å²) in [4.78, 5) is 6.74. The lowest BCUT2D eigenvalue weighted by Crippen LogP contribution is -2.48.